The van der Waals surface area contributed by atoms with Crippen molar-refractivity contribution in [2.75, 3.05) is 19.8 Å². The summed E-state index contributed by atoms with van der Waals surface area (Å²) in [6.45, 7) is 9.82. The normalized spacial score (nSPS) is 20.5. The molecule has 15 atom stereocenters. The molecule has 1 rings (SSSR count). The Bertz CT molecular complexity index is 2200. The number of hydrogen-bond donors (Lipinski definition) is 14. The van der Waals surface area contributed by atoms with Crippen LogP contribution in [-0.2, 0) is 14.3 Å². The first-order valence-corrected chi connectivity index (χ1v) is 29.6. The smallest absolute Gasteiger partial charge is 0.185 e. The molecule has 18 nitrogen and oxygen atoms in total. The van der Waals surface area contributed by atoms with E-state index in [-0.39, 0.29) is 94.6 Å². The number of rotatable bonds is 45. The summed E-state index contributed by atoms with van der Waals surface area (Å²) in [6.07, 6.45) is 36.6. The van der Waals surface area contributed by atoms with E-state index in [9.17, 15) is 66.1 Å². The van der Waals surface area contributed by atoms with Crippen LogP contribution in [-0.4, -0.2) is 172 Å². The second-order valence-corrected chi connectivity index (χ2v) is 21.8. The molecule has 0 aromatic heterocycles. The molecule has 0 radical (unpaired) electrons. The van der Waals surface area contributed by atoms with Gasteiger partial charge >= 0.3 is 0 Å². The Morgan fingerprint density at radius 3 is 1.52 bits per heavy atom. The summed E-state index contributed by atoms with van der Waals surface area (Å²) in [6, 6.07) is 0. The third-order valence-electron chi connectivity index (χ3n) is 14.1. The number of aliphatic hydroxyl groups excluding tert-OH is 12. The Hall–Kier alpha value is -5.00. The number of nitrogens with two attached hydrogens (primary N) is 2. The van der Waals surface area contributed by atoms with E-state index >= 15 is 0 Å². The molecule has 474 valence electrons. The minimum Gasteiger partial charge on any atom is -0.393 e. The maximum atomic E-state index is 11.2. The Morgan fingerprint density at radius 2 is 0.976 bits per heavy atom. The van der Waals surface area contributed by atoms with Gasteiger partial charge in [-0.15, -0.1) is 0 Å². The molecule has 1 fully saturated rings. The van der Waals surface area contributed by atoms with E-state index < -0.39 is 85.0 Å². The third kappa shape index (κ3) is 38.1. The fourth-order valence-electron chi connectivity index (χ4n) is 8.88. The van der Waals surface area contributed by atoms with Crippen molar-refractivity contribution in [3.8, 4) is 0 Å². The van der Waals surface area contributed by atoms with Crippen LogP contribution < -0.4 is 11.5 Å². The van der Waals surface area contributed by atoms with Gasteiger partial charge in [-0.25, -0.2) is 0 Å². The summed E-state index contributed by atoms with van der Waals surface area (Å²) in [5.74, 6) is -2.25. The number of nitrogens with zero attached hydrogens (tertiary/aromatic N) is 1. The number of carbonyl (C=O) groups excluding carboxylic acids is 1. The second-order valence-electron chi connectivity index (χ2n) is 21.8. The highest BCUT2D eigenvalue weighted by atomic mass is 16.7. The molecule has 1 aliphatic rings. The van der Waals surface area contributed by atoms with Crippen LogP contribution in [0.5, 0.6) is 0 Å². The van der Waals surface area contributed by atoms with Crippen molar-refractivity contribution in [2.45, 2.75) is 204 Å². The van der Waals surface area contributed by atoms with Gasteiger partial charge in [0.25, 0.3) is 0 Å². The predicted molar refractivity (Wildman–Crippen MR) is 334 cm³/mol. The van der Waals surface area contributed by atoms with E-state index in [1.807, 2.05) is 105 Å². The van der Waals surface area contributed by atoms with Crippen LogP contribution in [0.3, 0.4) is 0 Å². The zero-order valence-corrected chi connectivity index (χ0v) is 50.3. The number of Topliss-reactive ketones (excluding diaryl/α,β-unsaturated/α-hetero) is 1. The van der Waals surface area contributed by atoms with Crippen molar-refractivity contribution in [3.05, 3.63) is 157 Å². The number of ether oxygens (including phenoxy) is 2. The molecule has 15 unspecified atom stereocenters. The molecule has 84 heavy (non-hydrogen) atoms. The summed E-state index contributed by atoms with van der Waals surface area (Å²) in [5, 5.41) is 126. The minimum atomic E-state index is -1.26. The van der Waals surface area contributed by atoms with Gasteiger partial charge in [0.05, 0.1) is 86.5 Å². The number of allylic oxidation sites excluding steroid dienone is 17. The van der Waals surface area contributed by atoms with E-state index in [0.29, 0.717) is 31.4 Å². The Kier molecular flexibility index (Phi) is 42.4. The molecule has 1 saturated heterocycles. The van der Waals surface area contributed by atoms with Gasteiger partial charge < -0.3 is 82.2 Å². The molecule has 1 heterocycles. The quantitative estimate of drug-likeness (QED) is 0.00841. The van der Waals surface area contributed by atoms with Crippen molar-refractivity contribution in [3.63, 3.8) is 0 Å². The molecular weight excluding hydrogens is 1070 g/mol. The van der Waals surface area contributed by atoms with Gasteiger partial charge in [-0.05, 0) is 83.6 Å². The van der Waals surface area contributed by atoms with Crippen molar-refractivity contribution in [1.82, 2.24) is 0 Å². The summed E-state index contributed by atoms with van der Waals surface area (Å²) in [7, 11) is 0. The maximum Gasteiger partial charge on any atom is 0.185 e. The lowest BCUT2D eigenvalue weighted by Gasteiger charge is -2.37. The van der Waals surface area contributed by atoms with Crippen molar-refractivity contribution in [1.29, 1.82) is 0 Å². The first kappa shape index (κ1) is 77.0. The van der Waals surface area contributed by atoms with Crippen molar-refractivity contribution in [2.24, 2.45) is 34.2 Å². The predicted octanol–water partition coefficient (Wildman–Crippen LogP) is 5.91. The third-order valence-corrected chi connectivity index (χ3v) is 14.1. The molecule has 0 bridgehead atoms. The van der Waals surface area contributed by atoms with Gasteiger partial charge in [0.1, 0.15) is 0 Å². The van der Waals surface area contributed by atoms with Crippen LogP contribution in [0, 0.1) is 17.8 Å². The average Bonchev–Trinajstić information content (AvgIpc) is 2.75. The number of unbranched alkanes of at least 4 members (excludes halogenated alkanes) is 1. The molecule has 0 saturated carbocycles. The summed E-state index contributed by atoms with van der Waals surface area (Å²) in [4.78, 5) is 15.1. The first-order chi connectivity index (χ1) is 40.0. The number of guanidine groups is 1. The van der Waals surface area contributed by atoms with E-state index in [0.717, 1.165) is 12.8 Å². The van der Waals surface area contributed by atoms with Gasteiger partial charge in [-0.3, -0.25) is 9.79 Å². The summed E-state index contributed by atoms with van der Waals surface area (Å²) >= 11 is 0. The largest absolute Gasteiger partial charge is 0.393 e. The molecular formula is C66H105N3O15. The van der Waals surface area contributed by atoms with Gasteiger partial charge in [0.15, 0.2) is 17.5 Å². The van der Waals surface area contributed by atoms with Gasteiger partial charge in [0.2, 0.25) is 0 Å². The average molecular weight is 1180 g/mol. The van der Waals surface area contributed by atoms with E-state index in [1.165, 1.54) is 18.2 Å². The zero-order chi connectivity index (χ0) is 62.7. The molecule has 16 N–H and O–H groups in total. The monoisotopic (exact) mass is 1180 g/mol. The molecule has 0 aliphatic carbocycles. The first-order valence-electron chi connectivity index (χ1n) is 29.6. The van der Waals surface area contributed by atoms with Gasteiger partial charge in [-0.2, -0.15) is 0 Å². The van der Waals surface area contributed by atoms with Gasteiger partial charge in [0, 0.05) is 50.0 Å². The highest BCUT2D eigenvalue weighted by Crippen LogP contribution is 2.36. The van der Waals surface area contributed by atoms with E-state index in [2.05, 4.69) is 4.99 Å². The number of aliphatic imine (C=N–C) groups is 1. The summed E-state index contributed by atoms with van der Waals surface area (Å²) < 4.78 is 11.9. The Balaban J connectivity index is 2.43. The molecule has 0 aromatic carbocycles. The molecule has 0 aromatic rings. The molecule has 0 amide bonds. The number of hydrogen-bond acceptors (Lipinski definition) is 16. The Labute approximate surface area is 500 Å². The van der Waals surface area contributed by atoms with Crippen molar-refractivity contribution < 1.29 is 75.5 Å². The standard InChI is InChI=1S/C66H105N3O15/c1-48(52(5)70)28-20-16-12-11-13-17-21-29-49(2)64(82)50(3)62(80)37-22-18-14-9-7-6-8-10-15-19-23-38-63(81)51(4)66(83-40-41-84-66)47-61(79)46-58(76)35-26-34-57(75)45-60(78)44-56(74)33-25-32-54(72)42-53(71)30-24-31-55(73)43-59(77)36-27-39-69-65(67)68/h6-12,14-16,18-26,28-30,33,35,37,49-51,53-64,71-82H,13,17,27,31-32,34,36,38-47H2,1-5H3,(H4,67,68,69)/b8-6+,9-7+,12-11+,15-10+,18-14+,20-16+,23-19+,29-21+,30-24+,33-25+,35-26+,37-22+,48-28+. The lowest BCUT2D eigenvalue weighted by Crippen LogP contribution is -2.46. The second kappa shape index (κ2) is 46.2. The van der Waals surface area contributed by atoms with E-state index in [1.54, 1.807) is 63.3 Å². The highest BCUT2D eigenvalue weighted by molar-refractivity contribution is 5.92. The van der Waals surface area contributed by atoms with Crippen LogP contribution in [0.25, 0.3) is 0 Å². The molecule has 0 spiro atoms. The van der Waals surface area contributed by atoms with Crippen molar-refractivity contribution >= 4 is 11.7 Å². The Morgan fingerprint density at radius 1 is 0.512 bits per heavy atom. The van der Waals surface area contributed by atoms with Gasteiger partial charge in [-0.1, -0.05) is 173 Å². The summed E-state index contributed by atoms with van der Waals surface area (Å²) in [5.41, 5.74) is 11.3. The lowest BCUT2D eigenvalue weighted by atomic mass is 9.87. The number of ketones is 1. The molecule has 18 heteroatoms. The van der Waals surface area contributed by atoms with Crippen LogP contribution >= 0.6 is 0 Å². The fraction of sp³-hybridized carbons (Fsp3) is 0.576. The lowest BCUT2D eigenvalue weighted by molar-refractivity contribution is -0.227. The van der Waals surface area contributed by atoms with Crippen LogP contribution in [0.15, 0.2) is 162 Å². The van der Waals surface area contributed by atoms with Crippen LogP contribution in [0.4, 0.5) is 0 Å². The highest BCUT2D eigenvalue weighted by Gasteiger charge is 2.46. The van der Waals surface area contributed by atoms with Crippen LogP contribution in [0.2, 0.25) is 0 Å². The topological polar surface area (TPSA) is 343 Å². The maximum absolute atomic E-state index is 11.2. The van der Waals surface area contributed by atoms with E-state index in [4.69, 9.17) is 20.9 Å². The number of carbonyl (C=O) groups is 1. The number of aliphatic hydroxyl groups is 12. The van der Waals surface area contributed by atoms with Crippen LogP contribution in [0.1, 0.15) is 125 Å². The zero-order valence-electron chi connectivity index (χ0n) is 50.3. The SMILES string of the molecule is CC(=O)/C(C)=C/C=C/C=C/CC/C=C/C(C)C(O)C(C)C(O)/C=C/C=C/C=C/C=C/C=C/C=C/CC(O)C(C)C1(CC(O)CC(O)/C=C/CC(O)CC(O)CC(O)/C=C/CC(O)CC(O)/C=C/CC(O)CC(O)CCCN=C(N)N)OCCO1. The molecule has 1 aliphatic heterocycles. The fourth-order valence-corrected chi connectivity index (χ4v) is 8.88. The minimum absolute atomic E-state index is 0.00543.